The first-order valence-corrected chi connectivity index (χ1v) is 7.65. The van der Waals surface area contributed by atoms with E-state index in [0.29, 0.717) is 5.82 Å². The largest absolute Gasteiger partial charge is 0.384 e. The van der Waals surface area contributed by atoms with Crippen LogP contribution in [0.25, 0.3) is 0 Å². The Morgan fingerprint density at radius 1 is 1.32 bits per heavy atom. The monoisotopic (exact) mass is 262 g/mol. The number of rotatable bonds is 7. The first-order chi connectivity index (χ1) is 9.28. The van der Waals surface area contributed by atoms with Gasteiger partial charge in [-0.15, -0.1) is 0 Å². The van der Waals surface area contributed by atoms with Crippen LogP contribution in [-0.4, -0.2) is 16.5 Å². The fourth-order valence-electron chi connectivity index (χ4n) is 2.85. The predicted octanol–water partition coefficient (Wildman–Crippen LogP) is 3.39. The molecular formula is C15H26N4. The molecule has 2 rings (SSSR count). The van der Waals surface area contributed by atoms with Crippen LogP contribution >= 0.6 is 0 Å². The van der Waals surface area contributed by atoms with Crippen LogP contribution in [0.2, 0.25) is 0 Å². The second-order valence-corrected chi connectivity index (χ2v) is 5.56. The summed E-state index contributed by atoms with van der Waals surface area (Å²) in [5, 5.41) is 3.38. The lowest BCUT2D eigenvalue weighted by Crippen LogP contribution is -2.08. The van der Waals surface area contributed by atoms with Crippen molar-refractivity contribution in [3.05, 3.63) is 11.9 Å². The molecule has 0 aromatic carbocycles. The van der Waals surface area contributed by atoms with Gasteiger partial charge in [0, 0.05) is 19.0 Å². The van der Waals surface area contributed by atoms with Gasteiger partial charge < -0.3 is 11.1 Å². The Bertz CT molecular complexity index is 386. The van der Waals surface area contributed by atoms with Crippen LogP contribution in [0.1, 0.15) is 57.7 Å². The van der Waals surface area contributed by atoms with E-state index in [-0.39, 0.29) is 0 Å². The molecule has 3 N–H and O–H groups in total. The molecule has 106 valence electrons. The van der Waals surface area contributed by atoms with Gasteiger partial charge in [-0.1, -0.05) is 32.6 Å². The zero-order chi connectivity index (χ0) is 13.5. The van der Waals surface area contributed by atoms with Crippen molar-refractivity contribution < 1.29 is 0 Å². The fourth-order valence-corrected chi connectivity index (χ4v) is 2.85. The molecule has 1 aliphatic carbocycles. The third-order valence-electron chi connectivity index (χ3n) is 3.84. The summed E-state index contributed by atoms with van der Waals surface area (Å²) in [6, 6.07) is 1.83. The van der Waals surface area contributed by atoms with Crippen LogP contribution in [0.5, 0.6) is 0 Å². The average molecular weight is 262 g/mol. The van der Waals surface area contributed by atoms with E-state index in [1.165, 1.54) is 38.5 Å². The molecule has 0 amide bonds. The first kappa shape index (κ1) is 14.1. The Kier molecular flexibility index (Phi) is 5.43. The highest BCUT2D eigenvalue weighted by molar-refractivity contribution is 5.44. The van der Waals surface area contributed by atoms with Crippen molar-refractivity contribution in [1.82, 2.24) is 9.97 Å². The van der Waals surface area contributed by atoms with Gasteiger partial charge in [-0.25, -0.2) is 9.97 Å². The van der Waals surface area contributed by atoms with Crippen LogP contribution in [0.3, 0.4) is 0 Å². The van der Waals surface area contributed by atoms with Crippen molar-refractivity contribution in [2.75, 3.05) is 17.6 Å². The Hall–Kier alpha value is -1.32. The van der Waals surface area contributed by atoms with Crippen LogP contribution in [0.15, 0.2) is 6.07 Å². The molecule has 4 nitrogen and oxygen atoms in total. The molecule has 0 atom stereocenters. The second-order valence-electron chi connectivity index (χ2n) is 5.56. The van der Waals surface area contributed by atoms with Crippen LogP contribution in [0.4, 0.5) is 11.6 Å². The summed E-state index contributed by atoms with van der Waals surface area (Å²) >= 11 is 0. The molecule has 1 aromatic heterocycles. The maximum Gasteiger partial charge on any atom is 0.133 e. The fraction of sp³-hybridized carbons (Fsp3) is 0.733. The van der Waals surface area contributed by atoms with Crippen molar-refractivity contribution in [3.8, 4) is 0 Å². The third kappa shape index (κ3) is 4.69. The van der Waals surface area contributed by atoms with E-state index in [1.807, 2.05) is 6.07 Å². The minimum Gasteiger partial charge on any atom is -0.384 e. The standard InChI is InChI=1S/C15H26N4/c1-2-6-14-18-13(16)11-15(19-14)17-10-5-9-12-7-3-4-8-12/h11-12H,2-10H2,1H3,(H3,16,17,18,19). The van der Waals surface area contributed by atoms with E-state index in [0.717, 1.165) is 36.9 Å². The highest BCUT2D eigenvalue weighted by atomic mass is 15.0. The molecule has 19 heavy (non-hydrogen) atoms. The number of nitrogens with two attached hydrogens (primary N) is 1. The molecule has 0 bridgehead atoms. The van der Waals surface area contributed by atoms with Crippen molar-refractivity contribution in [2.24, 2.45) is 5.92 Å². The summed E-state index contributed by atoms with van der Waals surface area (Å²) in [7, 11) is 0. The second kappa shape index (κ2) is 7.31. The van der Waals surface area contributed by atoms with Crippen LogP contribution < -0.4 is 11.1 Å². The van der Waals surface area contributed by atoms with Gasteiger partial charge in [-0.3, -0.25) is 0 Å². The first-order valence-electron chi connectivity index (χ1n) is 7.65. The molecule has 1 fully saturated rings. The van der Waals surface area contributed by atoms with Gasteiger partial charge in [0.05, 0.1) is 0 Å². The Morgan fingerprint density at radius 2 is 2.11 bits per heavy atom. The van der Waals surface area contributed by atoms with E-state index >= 15 is 0 Å². The van der Waals surface area contributed by atoms with E-state index in [1.54, 1.807) is 0 Å². The van der Waals surface area contributed by atoms with Gasteiger partial charge in [0.25, 0.3) is 0 Å². The Morgan fingerprint density at radius 3 is 2.84 bits per heavy atom. The highest BCUT2D eigenvalue weighted by Crippen LogP contribution is 2.28. The molecule has 0 unspecified atom stereocenters. The predicted molar refractivity (Wildman–Crippen MR) is 80.1 cm³/mol. The third-order valence-corrected chi connectivity index (χ3v) is 3.84. The number of hydrogen-bond acceptors (Lipinski definition) is 4. The molecule has 0 spiro atoms. The normalized spacial score (nSPS) is 15.8. The molecule has 0 radical (unpaired) electrons. The van der Waals surface area contributed by atoms with Gasteiger partial charge in [0.15, 0.2) is 0 Å². The number of nitrogen functional groups attached to an aromatic ring is 1. The highest BCUT2D eigenvalue weighted by Gasteiger charge is 2.13. The lowest BCUT2D eigenvalue weighted by Gasteiger charge is -2.10. The van der Waals surface area contributed by atoms with Crippen LogP contribution in [0, 0.1) is 5.92 Å². The molecule has 0 saturated heterocycles. The maximum atomic E-state index is 5.80. The summed E-state index contributed by atoms with van der Waals surface area (Å²) in [5.41, 5.74) is 5.80. The van der Waals surface area contributed by atoms with E-state index in [2.05, 4.69) is 22.2 Å². The lowest BCUT2D eigenvalue weighted by molar-refractivity contribution is 0.491. The van der Waals surface area contributed by atoms with Crippen molar-refractivity contribution in [2.45, 2.75) is 58.3 Å². The molecule has 1 heterocycles. The van der Waals surface area contributed by atoms with E-state index in [9.17, 15) is 0 Å². The maximum absolute atomic E-state index is 5.80. The summed E-state index contributed by atoms with van der Waals surface area (Å²) < 4.78 is 0. The molecular weight excluding hydrogens is 236 g/mol. The Labute approximate surface area is 116 Å². The number of nitrogens with zero attached hydrogens (tertiary/aromatic N) is 2. The molecule has 1 aliphatic rings. The van der Waals surface area contributed by atoms with Gasteiger partial charge in [-0.05, 0) is 25.2 Å². The van der Waals surface area contributed by atoms with Crippen molar-refractivity contribution in [3.63, 3.8) is 0 Å². The molecule has 4 heteroatoms. The summed E-state index contributed by atoms with van der Waals surface area (Å²) in [6.45, 7) is 3.11. The smallest absolute Gasteiger partial charge is 0.133 e. The lowest BCUT2D eigenvalue weighted by atomic mass is 10.0. The topological polar surface area (TPSA) is 63.8 Å². The van der Waals surface area contributed by atoms with Gasteiger partial charge in [0.1, 0.15) is 17.5 Å². The van der Waals surface area contributed by atoms with E-state index < -0.39 is 0 Å². The molecule has 0 aliphatic heterocycles. The number of anilines is 2. The molecule has 1 saturated carbocycles. The number of nitrogens with one attached hydrogen (secondary N) is 1. The average Bonchev–Trinajstić information content (AvgIpc) is 2.87. The summed E-state index contributed by atoms with van der Waals surface area (Å²) in [6.07, 6.45) is 10.2. The zero-order valence-corrected chi connectivity index (χ0v) is 12.0. The summed E-state index contributed by atoms with van der Waals surface area (Å²) in [5.74, 6) is 3.26. The number of aryl methyl sites for hydroxylation is 1. The van der Waals surface area contributed by atoms with Crippen molar-refractivity contribution >= 4 is 11.6 Å². The van der Waals surface area contributed by atoms with Crippen molar-refractivity contribution in [1.29, 1.82) is 0 Å². The number of hydrogen-bond donors (Lipinski definition) is 2. The van der Waals surface area contributed by atoms with Gasteiger partial charge in [-0.2, -0.15) is 0 Å². The van der Waals surface area contributed by atoms with Crippen LogP contribution in [-0.2, 0) is 6.42 Å². The van der Waals surface area contributed by atoms with E-state index in [4.69, 9.17) is 5.73 Å². The van der Waals surface area contributed by atoms with Gasteiger partial charge >= 0.3 is 0 Å². The SMILES string of the molecule is CCCc1nc(N)cc(NCCCC2CCCC2)n1. The van der Waals surface area contributed by atoms with Gasteiger partial charge in [0.2, 0.25) is 0 Å². The quantitative estimate of drug-likeness (QED) is 0.739. The minimum atomic E-state index is 0.566. The Balaban J connectivity index is 1.75. The number of aromatic nitrogens is 2. The zero-order valence-electron chi connectivity index (χ0n) is 12.0. The molecule has 1 aromatic rings. The summed E-state index contributed by atoms with van der Waals surface area (Å²) in [4.78, 5) is 8.73. The minimum absolute atomic E-state index is 0.566.